The van der Waals surface area contributed by atoms with E-state index in [0.29, 0.717) is 35.8 Å². The van der Waals surface area contributed by atoms with Crippen LogP contribution in [-0.4, -0.2) is 47.9 Å². The van der Waals surface area contributed by atoms with Crippen LogP contribution in [-0.2, 0) is 16.0 Å². The SMILES string of the molecule is COC(=O)c1ccc2c(=O)n(C3N=C(c4ccccc4)c4cc(OC)cc5c4N(CC5)C3=O)c(C)nc2c1. The van der Waals surface area contributed by atoms with Gasteiger partial charge in [0.2, 0.25) is 6.17 Å². The zero-order valence-corrected chi connectivity index (χ0v) is 21.1. The molecule has 0 saturated heterocycles. The number of amides is 1. The fourth-order valence-electron chi connectivity index (χ4n) is 5.26. The highest BCUT2D eigenvalue weighted by Gasteiger charge is 2.39. The van der Waals surface area contributed by atoms with Gasteiger partial charge in [-0.1, -0.05) is 30.3 Å². The summed E-state index contributed by atoms with van der Waals surface area (Å²) in [6, 6.07) is 18.0. The predicted octanol–water partition coefficient (Wildman–Crippen LogP) is 3.44. The van der Waals surface area contributed by atoms with Gasteiger partial charge >= 0.3 is 5.97 Å². The lowest BCUT2D eigenvalue weighted by atomic mass is 9.97. The maximum absolute atomic E-state index is 14.1. The smallest absolute Gasteiger partial charge is 0.337 e. The molecule has 2 aliphatic heterocycles. The van der Waals surface area contributed by atoms with Gasteiger partial charge < -0.3 is 14.4 Å². The number of nitrogens with zero attached hydrogens (tertiary/aromatic N) is 4. The van der Waals surface area contributed by atoms with E-state index < -0.39 is 17.7 Å². The van der Waals surface area contributed by atoms with Crippen molar-refractivity contribution in [3.63, 3.8) is 0 Å². The summed E-state index contributed by atoms with van der Waals surface area (Å²) in [6.07, 6.45) is -0.500. The Bertz CT molecular complexity index is 1730. The quantitative estimate of drug-likeness (QED) is 0.391. The molecule has 3 heterocycles. The highest BCUT2D eigenvalue weighted by atomic mass is 16.5. The number of aliphatic imine (C=N–C) groups is 1. The monoisotopic (exact) mass is 508 g/mol. The van der Waals surface area contributed by atoms with Crippen molar-refractivity contribution in [3.8, 4) is 5.75 Å². The van der Waals surface area contributed by atoms with Crippen LogP contribution in [0.15, 0.2) is 70.5 Å². The second kappa shape index (κ2) is 8.95. The Labute approximate surface area is 218 Å². The van der Waals surface area contributed by atoms with Crippen LogP contribution in [0, 0.1) is 6.92 Å². The minimum Gasteiger partial charge on any atom is -0.497 e. The van der Waals surface area contributed by atoms with Crippen LogP contribution in [0.5, 0.6) is 5.75 Å². The van der Waals surface area contributed by atoms with Crippen LogP contribution < -0.4 is 15.2 Å². The number of rotatable bonds is 4. The third-order valence-electron chi connectivity index (χ3n) is 7.06. The van der Waals surface area contributed by atoms with Crippen LogP contribution in [0.4, 0.5) is 5.69 Å². The molecular weight excluding hydrogens is 484 g/mol. The van der Waals surface area contributed by atoms with E-state index in [1.165, 1.54) is 29.9 Å². The van der Waals surface area contributed by atoms with Gasteiger partial charge in [0.05, 0.1) is 42.1 Å². The summed E-state index contributed by atoms with van der Waals surface area (Å²) in [5, 5.41) is 0.276. The van der Waals surface area contributed by atoms with E-state index in [-0.39, 0.29) is 16.9 Å². The normalized spacial score (nSPS) is 16.2. The lowest BCUT2D eigenvalue weighted by Gasteiger charge is -2.23. The van der Waals surface area contributed by atoms with Gasteiger partial charge in [-0.25, -0.2) is 14.8 Å². The molecule has 0 N–H and O–H groups in total. The average Bonchev–Trinajstić information content (AvgIpc) is 3.33. The number of anilines is 1. The lowest BCUT2D eigenvalue weighted by Crippen LogP contribution is -2.39. The Morgan fingerprint density at radius 3 is 2.55 bits per heavy atom. The van der Waals surface area contributed by atoms with E-state index in [4.69, 9.17) is 14.5 Å². The van der Waals surface area contributed by atoms with E-state index in [1.54, 1.807) is 18.9 Å². The third kappa shape index (κ3) is 3.58. The van der Waals surface area contributed by atoms with Crippen molar-refractivity contribution in [2.45, 2.75) is 19.5 Å². The highest BCUT2D eigenvalue weighted by molar-refractivity contribution is 6.21. The van der Waals surface area contributed by atoms with Crippen molar-refractivity contribution in [1.29, 1.82) is 0 Å². The number of hydrogen-bond donors (Lipinski definition) is 0. The predicted molar refractivity (Wildman–Crippen MR) is 142 cm³/mol. The summed E-state index contributed by atoms with van der Waals surface area (Å²) in [5.74, 6) is 0.155. The number of methoxy groups -OCH3 is 2. The van der Waals surface area contributed by atoms with Crippen LogP contribution in [0.1, 0.15) is 39.0 Å². The molecule has 1 amide bonds. The van der Waals surface area contributed by atoms with E-state index >= 15 is 0 Å². The molecule has 38 heavy (non-hydrogen) atoms. The van der Waals surface area contributed by atoms with Crippen LogP contribution in [0.3, 0.4) is 0 Å². The molecule has 1 aromatic heterocycles. The number of carbonyl (C=O) groups is 2. The zero-order chi connectivity index (χ0) is 26.6. The van der Waals surface area contributed by atoms with E-state index in [1.807, 2.05) is 42.5 Å². The molecule has 0 radical (unpaired) electrons. The topological polar surface area (TPSA) is 103 Å². The van der Waals surface area contributed by atoms with Crippen molar-refractivity contribution in [2.75, 3.05) is 25.7 Å². The molecule has 3 aromatic carbocycles. The maximum Gasteiger partial charge on any atom is 0.337 e. The van der Waals surface area contributed by atoms with E-state index in [9.17, 15) is 14.4 Å². The molecule has 0 aliphatic carbocycles. The molecule has 0 spiro atoms. The van der Waals surface area contributed by atoms with Gasteiger partial charge in [0.25, 0.3) is 11.5 Å². The number of ether oxygens (including phenoxy) is 2. The van der Waals surface area contributed by atoms with Crippen LogP contribution in [0.25, 0.3) is 10.9 Å². The number of benzene rings is 3. The Morgan fingerprint density at radius 2 is 1.82 bits per heavy atom. The number of fused-ring (bicyclic) bond motifs is 1. The van der Waals surface area contributed by atoms with Gasteiger partial charge in [-0.2, -0.15) is 0 Å². The Morgan fingerprint density at radius 1 is 1.03 bits per heavy atom. The zero-order valence-electron chi connectivity index (χ0n) is 21.1. The molecule has 0 fully saturated rings. The van der Waals surface area contributed by atoms with Crippen molar-refractivity contribution in [2.24, 2.45) is 4.99 Å². The minimum absolute atomic E-state index is 0.276. The molecule has 1 atom stereocenters. The first-order valence-electron chi connectivity index (χ1n) is 12.2. The first-order valence-corrected chi connectivity index (χ1v) is 12.2. The minimum atomic E-state index is -1.17. The molecular formula is C29H24N4O5. The molecule has 9 heteroatoms. The molecule has 1 unspecified atom stereocenters. The van der Waals surface area contributed by atoms with Crippen molar-refractivity contribution in [1.82, 2.24) is 9.55 Å². The van der Waals surface area contributed by atoms with Gasteiger partial charge in [-0.3, -0.25) is 14.2 Å². The molecule has 0 bridgehead atoms. The van der Waals surface area contributed by atoms with Crippen molar-refractivity contribution >= 4 is 34.2 Å². The molecule has 4 aromatic rings. The fraction of sp³-hybridized carbons (Fsp3) is 0.207. The molecule has 2 aliphatic rings. The Hall–Kier alpha value is -4.79. The number of aryl methyl sites for hydroxylation is 1. The fourth-order valence-corrected chi connectivity index (χ4v) is 5.26. The first-order chi connectivity index (χ1) is 18.4. The highest BCUT2D eigenvalue weighted by Crippen LogP contribution is 2.40. The Kier molecular flexibility index (Phi) is 5.56. The van der Waals surface area contributed by atoms with Gasteiger partial charge in [0.15, 0.2) is 0 Å². The summed E-state index contributed by atoms with van der Waals surface area (Å²) in [5.41, 5.74) is 4.19. The average molecular weight is 509 g/mol. The summed E-state index contributed by atoms with van der Waals surface area (Å²) in [7, 11) is 2.90. The number of hydrogen-bond acceptors (Lipinski definition) is 7. The Balaban J connectivity index is 1.61. The number of aromatic nitrogens is 2. The van der Waals surface area contributed by atoms with Gasteiger partial charge in [0.1, 0.15) is 11.6 Å². The summed E-state index contributed by atoms with van der Waals surface area (Å²) >= 11 is 0. The standard InChI is InChI=1S/C29H24N4O5/c1-16-30-23-14-19(29(36)38-3)9-10-21(23)27(34)33(16)26-28(35)32-12-11-18-13-20(37-2)15-22(25(18)32)24(31-26)17-7-5-4-6-8-17/h4-10,13-15,26H,11-12H2,1-3H3. The van der Waals surface area contributed by atoms with Gasteiger partial charge in [-0.15, -0.1) is 0 Å². The van der Waals surface area contributed by atoms with Crippen LogP contribution in [0.2, 0.25) is 0 Å². The van der Waals surface area contributed by atoms with Crippen molar-refractivity contribution in [3.05, 3.63) is 99.1 Å². The van der Waals surface area contributed by atoms with E-state index in [2.05, 4.69) is 4.98 Å². The number of carbonyl (C=O) groups excluding carboxylic acids is 2. The lowest BCUT2D eigenvalue weighted by molar-refractivity contribution is -0.121. The summed E-state index contributed by atoms with van der Waals surface area (Å²) in [6.45, 7) is 2.13. The number of esters is 1. The third-order valence-corrected chi connectivity index (χ3v) is 7.06. The second-order valence-corrected chi connectivity index (χ2v) is 9.20. The molecule has 190 valence electrons. The van der Waals surface area contributed by atoms with Crippen LogP contribution >= 0.6 is 0 Å². The van der Waals surface area contributed by atoms with Gasteiger partial charge in [-0.05, 0) is 49.2 Å². The second-order valence-electron chi connectivity index (χ2n) is 9.20. The molecule has 9 nitrogen and oxygen atoms in total. The van der Waals surface area contributed by atoms with E-state index in [0.717, 1.165) is 22.4 Å². The summed E-state index contributed by atoms with van der Waals surface area (Å²) < 4.78 is 11.7. The largest absolute Gasteiger partial charge is 0.497 e. The maximum atomic E-state index is 14.1. The summed E-state index contributed by atoms with van der Waals surface area (Å²) in [4.78, 5) is 51.2. The van der Waals surface area contributed by atoms with Crippen molar-refractivity contribution < 1.29 is 19.1 Å². The first kappa shape index (κ1) is 23.6. The molecule has 6 rings (SSSR count). The molecule has 0 saturated carbocycles. The van der Waals surface area contributed by atoms with Gasteiger partial charge in [0, 0.05) is 17.7 Å².